The first-order valence-electron chi connectivity index (χ1n) is 9.52. The summed E-state index contributed by atoms with van der Waals surface area (Å²) in [5.41, 5.74) is 1.90. The zero-order chi connectivity index (χ0) is 21.7. The summed E-state index contributed by atoms with van der Waals surface area (Å²) in [5.74, 6) is -1.92. The van der Waals surface area contributed by atoms with E-state index in [4.69, 9.17) is 10.00 Å². The summed E-state index contributed by atoms with van der Waals surface area (Å²) in [6.07, 6.45) is -0.881. The first-order chi connectivity index (χ1) is 14.4. The van der Waals surface area contributed by atoms with E-state index in [1.165, 1.54) is 16.5 Å². The molecule has 2 aliphatic rings. The molecule has 0 bridgehead atoms. The van der Waals surface area contributed by atoms with Gasteiger partial charge in [0.1, 0.15) is 11.9 Å². The highest BCUT2D eigenvalue weighted by Crippen LogP contribution is 2.30. The van der Waals surface area contributed by atoms with E-state index in [1.807, 2.05) is 16.3 Å². The van der Waals surface area contributed by atoms with E-state index < -0.39 is 30.3 Å². The topological polar surface area (TPSA) is 85.7 Å². The summed E-state index contributed by atoms with van der Waals surface area (Å²) in [7, 11) is 0. The van der Waals surface area contributed by atoms with Crippen LogP contribution in [0.3, 0.4) is 0 Å². The van der Waals surface area contributed by atoms with Crippen molar-refractivity contribution in [3.05, 3.63) is 35.7 Å². The van der Waals surface area contributed by atoms with Crippen LogP contribution in [-0.4, -0.2) is 50.7 Å². The van der Waals surface area contributed by atoms with Crippen molar-refractivity contribution in [3.8, 4) is 6.07 Å². The van der Waals surface area contributed by atoms with Crippen LogP contribution in [0.2, 0.25) is 0 Å². The van der Waals surface area contributed by atoms with Gasteiger partial charge >= 0.3 is 12.5 Å². The molecule has 1 N–H and O–H groups in total. The number of ether oxygens (including phenoxy) is 1. The molecule has 0 aliphatic carbocycles. The molecule has 10 heteroatoms. The van der Waals surface area contributed by atoms with Crippen LogP contribution in [0.15, 0.2) is 29.8 Å². The minimum Gasteiger partial charge on any atom is -0.442 e. The van der Waals surface area contributed by atoms with E-state index in [0.717, 1.165) is 12.8 Å². The van der Waals surface area contributed by atoms with Gasteiger partial charge in [0.25, 0.3) is 5.91 Å². The number of benzene rings is 1. The van der Waals surface area contributed by atoms with Gasteiger partial charge in [-0.15, -0.1) is 0 Å². The van der Waals surface area contributed by atoms with Crippen molar-refractivity contribution in [1.82, 2.24) is 5.32 Å². The second-order valence-corrected chi connectivity index (χ2v) is 7.01. The third-order valence-corrected chi connectivity index (χ3v) is 5.05. The van der Waals surface area contributed by atoms with E-state index in [-0.39, 0.29) is 18.8 Å². The first-order valence-corrected chi connectivity index (χ1v) is 9.52. The van der Waals surface area contributed by atoms with Gasteiger partial charge < -0.3 is 15.0 Å². The van der Waals surface area contributed by atoms with Crippen LogP contribution < -0.4 is 15.1 Å². The highest BCUT2D eigenvalue weighted by atomic mass is 19.3. The highest BCUT2D eigenvalue weighted by Gasteiger charge is 2.33. The molecule has 1 aromatic carbocycles. The van der Waals surface area contributed by atoms with Crippen LogP contribution >= 0.6 is 0 Å². The van der Waals surface area contributed by atoms with Crippen molar-refractivity contribution in [2.75, 3.05) is 36.0 Å². The Bertz CT molecular complexity index is 875. The Labute approximate surface area is 171 Å². The molecule has 0 unspecified atom stereocenters. The Balaban J connectivity index is 1.61. The fourth-order valence-corrected chi connectivity index (χ4v) is 3.48. The Morgan fingerprint density at radius 1 is 1.37 bits per heavy atom. The molecule has 2 heterocycles. The van der Waals surface area contributed by atoms with Gasteiger partial charge in [-0.05, 0) is 31.0 Å². The number of hydrogen-bond donors (Lipinski definition) is 1. The lowest BCUT2D eigenvalue weighted by atomic mass is 10.0. The Morgan fingerprint density at radius 3 is 2.73 bits per heavy atom. The summed E-state index contributed by atoms with van der Waals surface area (Å²) >= 11 is 0. The molecule has 2 amide bonds. The molecule has 3 rings (SSSR count). The van der Waals surface area contributed by atoms with Crippen molar-refractivity contribution in [2.45, 2.75) is 31.8 Å². The smallest absolute Gasteiger partial charge is 0.414 e. The zero-order valence-electron chi connectivity index (χ0n) is 16.1. The molecular weight excluding hydrogens is 401 g/mol. The Kier molecular flexibility index (Phi) is 6.82. The molecule has 1 aromatic rings. The zero-order valence-corrected chi connectivity index (χ0v) is 16.1. The van der Waals surface area contributed by atoms with Gasteiger partial charge in [-0.25, -0.2) is 9.18 Å². The van der Waals surface area contributed by atoms with Gasteiger partial charge in [-0.1, -0.05) is 11.6 Å². The van der Waals surface area contributed by atoms with Crippen molar-refractivity contribution >= 4 is 23.4 Å². The fraction of sp³-hybridized carbons (Fsp3) is 0.450. The number of nitrogens with one attached hydrogen (secondary N) is 1. The van der Waals surface area contributed by atoms with Crippen molar-refractivity contribution < 1.29 is 27.5 Å². The summed E-state index contributed by atoms with van der Waals surface area (Å²) in [6.45, 7) is 1.02. The molecule has 0 saturated carbocycles. The van der Waals surface area contributed by atoms with Crippen LogP contribution in [0.5, 0.6) is 0 Å². The minimum absolute atomic E-state index is 0.0118. The van der Waals surface area contributed by atoms with E-state index in [1.54, 1.807) is 12.1 Å². The number of nitriles is 1. The molecule has 0 spiro atoms. The SMILES string of the molecule is N#CCC=C1CCN(c2ccc(N3C[C@H](CNC(=O)C(F)F)OC3=O)cc2F)CC1. The molecule has 2 aliphatic heterocycles. The minimum atomic E-state index is -3.15. The maximum atomic E-state index is 14.7. The predicted molar refractivity (Wildman–Crippen MR) is 103 cm³/mol. The fourth-order valence-electron chi connectivity index (χ4n) is 3.48. The standard InChI is InChI=1S/C20H21F3N4O3/c21-16-10-14(27-12-15(30-20(27)29)11-25-19(28)18(22)23)3-4-17(16)26-8-5-13(6-9-26)2-1-7-24/h2-4,10,15,18H,1,5-6,8-9,11-12H2,(H,25,28)/t15-/m0/s1. The number of nitrogens with zero attached hydrogens (tertiary/aromatic N) is 3. The molecule has 2 fully saturated rings. The number of anilines is 2. The number of carbonyl (C=O) groups is 2. The Morgan fingerprint density at radius 2 is 2.10 bits per heavy atom. The van der Waals surface area contributed by atoms with Crippen LogP contribution in [0, 0.1) is 17.1 Å². The van der Waals surface area contributed by atoms with Gasteiger partial charge in [-0.3, -0.25) is 9.69 Å². The number of halogens is 3. The molecule has 2 saturated heterocycles. The number of cyclic esters (lactones) is 1. The Hall–Kier alpha value is -3.22. The summed E-state index contributed by atoms with van der Waals surface area (Å²) in [6, 6.07) is 6.50. The maximum absolute atomic E-state index is 14.7. The quantitative estimate of drug-likeness (QED) is 0.713. The van der Waals surface area contributed by atoms with Gasteiger partial charge in [0.15, 0.2) is 0 Å². The summed E-state index contributed by atoms with van der Waals surface area (Å²) in [5, 5.41) is 10.7. The number of alkyl halides is 2. The van der Waals surface area contributed by atoms with E-state index >= 15 is 0 Å². The lowest BCUT2D eigenvalue weighted by molar-refractivity contribution is -0.132. The van der Waals surface area contributed by atoms with Crippen LogP contribution in [0.25, 0.3) is 0 Å². The highest BCUT2D eigenvalue weighted by molar-refractivity contribution is 5.90. The first kappa shape index (κ1) is 21.5. The third-order valence-electron chi connectivity index (χ3n) is 5.05. The number of amides is 2. The van der Waals surface area contributed by atoms with Crippen LogP contribution in [-0.2, 0) is 9.53 Å². The number of hydrogen-bond acceptors (Lipinski definition) is 5. The van der Waals surface area contributed by atoms with Crippen molar-refractivity contribution in [2.24, 2.45) is 0 Å². The van der Waals surface area contributed by atoms with Gasteiger partial charge in [0.05, 0.1) is 37.0 Å². The molecule has 0 radical (unpaired) electrons. The normalized spacial score (nSPS) is 19.0. The van der Waals surface area contributed by atoms with Crippen LogP contribution in [0.1, 0.15) is 19.3 Å². The maximum Gasteiger partial charge on any atom is 0.414 e. The summed E-state index contributed by atoms with van der Waals surface area (Å²) in [4.78, 5) is 26.1. The van der Waals surface area contributed by atoms with Gasteiger partial charge in [0, 0.05) is 13.1 Å². The largest absolute Gasteiger partial charge is 0.442 e. The van der Waals surface area contributed by atoms with Gasteiger partial charge in [-0.2, -0.15) is 14.0 Å². The number of piperidine rings is 1. The van der Waals surface area contributed by atoms with Gasteiger partial charge in [0.2, 0.25) is 0 Å². The lowest BCUT2D eigenvalue weighted by Gasteiger charge is -2.31. The summed E-state index contributed by atoms with van der Waals surface area (Å²) < 4.78 is 44.3. The second kappa shape index (κ2) is 9.52. The van der Waals surface area contributed by atoms with Crippen LogP contribution in [0.4, 0.5) is 29.3 Å². The average Bonchev–Trinajstić information content (AvgIpc) is 3.11. The van der Waals surface area contributed by atoms with E-state index in [9.17, 15) is 22.8 Å². The lowest BCUT2D eigenvalue weighted by Crippen LogP contribution is -2.37. The third kappa shape index (κ3) is 5.03. The molecule has 0 aromatic heterocycles. The molecule has 160 valence electrons. The molecule has 1 atom stereocenters. The predicted octanol–water partition coefficient (Wildman–Crippen LogP) is 2.97. The average molecular weight is 422 g/mol. The number of rotatable bonds is 6. The second-order valence-electron chi connectivity index (χ2n) is 7.01. The van der Waals surface area contributed by atoms with Crippen molar-refractivity contribution in [3.63, 3.8) is 0 Å². The molecule has 30 heavy (non-hydrogen) atoms. The van der Waals surface area contributed by atoms with E-state index in [0.29, 0.717) is 25.2 Å². The van der Waals surface area contributed by atoms with Crippen molar-refractivity contribution in [1.29, 1.82) is 5.26 Å². The monoisotopic (exact) mass is 422 g/mol. The number of carbonyl (C=O) groups excluding carboxylic acids is 2. The molecule has 7 nitrogen and oxygen atoms in total. The number of allylic oxidation sites excluding steroid dienone is 1. The molecular formula is C20H21F3N4O3. The van der Waals surface area contributed by atoms with E-state index in [2.05, 4.69) is 6.07 Å².